The molecule has 3 nitrogen and oxygen atoms in total. The second kappa shape index (κ2) is 6.26. The first-order valence-electron chi connectivity index (χ1n) is 6.97. The van der Waals surface area contributed by atoms with Crippen LogP contribution in [0.4, 0.5) is 0 Å². The van der Waals surface area contributed by atoms with E-state index in [1.807, 2.05) is 13.1 Å². The standard InChI is InChI=1S/C16H14Cl3NO2S/c1-20-8-13(11-4-2-3-5-16(11)23(19,21)22)12-6-10(17)7-15(18)14(12)9-20/h2-7,13H,8-9H2,1H3. The largest absolute Gasteiger partial charge is 0.301 e. The van der Waals surface area contributed by atoms with Gasteiger partial charge in [-0.1, -0.05) is 41.4 Å². The molecule has 0 aromatic heterocycles. The number of nitrogens with zero attached hydrogens (tertiary/aromatic N) is 1. The van der Waals surface area contributed by atoms with Crippen LogP contribution in [-0.4, -0.2) is 26.9 Å². The Bertz CT molecular complexity index is 868. The van der Waals surface area contributed by atoms with E-state index in [0.29, 0.717) is 28.7 Å². The zero-order valence-electron chi connectivity index (χ0n) is 12.3. The fourth-order valence-corrected chi connectivity index (χ4v) is 4.83. The molecule has 1 unspecified atom stereocenters. The Kier molecular flexibility index (Phi) is 4.64. The first kappa shape index (κ1) is 17.1. The molecule has 122 valence electrons. The van der Waals surface area contributed by atoms with Crippen LogP contribution in [0.5, 0.6) is 0 Å². The SMILES string of the molecule is CN1Cc2c(Cl)cc(Cl)cc2C(c2ccccc2S(=O)(=O)Cl)C1. The van der Waals surface area contributed by atoms with Gasteiger partial charge in [0.2, 0.25) is 0 Å². The van der Waals surface area contributed by atoms with E-state index in [2.05, 4.69) is 4.90 Å². The maximum absolute atomic E-state index is 11.9. The second-order valence-corrected chi connectivity index (χ2v) is 9.06. The van der Waals surface area contributed by atoms with Gasteiger partial charge in [-0.15, -0.1) is 0 Å². The van der Waals surface area contributed by atoms with Crippen LogP contribution in [0.3, 0.4) is 0 Å². The van der Waals surface area contributed by atoms with Crippen molar-refractivity contribution in [2.75, 3.05) is 13.6 Å². The summed E-state index contributed by atoms with van der Waals surface area (Å²) in [5.74, 6) is -0.162. The van der Waals surface area contributed by atoms with Crippen LogP contribution >= 0.6 is 33.9 Å². The molecule has 0 aliphatic carbocycles. The van der Waals surface area contributed by atoms with Crippen molar-refractivity contribution in [3.05, 3.63) is 63.1 Å². The fourth-order valence-electron chi connectivity index (χ4n) is 3.10. The van der Waals surface area contributed by atoms with E-state index in [1.54, 1.807) is 24.3 Å². The molecule has 2 aromatic carbocycles. The van der Waals surface area contributed by atoms with Gasteiger partial charge in [-0.3, -0.25) is 0 Å². The Hall–Kier alpha value is -0.780. The minimum atomic E-state index is -3.84. The molecule has 1 aliphatic rings. The highest BCUT2D eigenvalue weighted by Crippen LogP contribution is 2.40. The fraction of sp³-hybridized carbons (Fsp3) is 0.250. The Morgan fingerprint density at radius 3 is 2.52 bits per heavy atom. The van der Waals surface area contributed by atoms with Crippen molar-refractivity contribution in [2.24, 2.45) is 0 Å². The topological polar surface area (TPSA) is 37.4 Å². The number of fused-ring (bicyclic) bond motifs is 1. The molecule has 23 heavy (non-hydrogen) atoms. The number of halogens is 3. The summed E-state index contributed by atoms with van der Waals surface area (Å²) in [6.45, 7) is 1.35. The normalized spacial score (nSPS) is 18.7. The zero-order chi connectivity index (χ0) is 16.8. The van der Waals surface area contributed by atoms with E-state index in [4.69, 9.17) is 33.9 Å². The highest BCUT2D eigenvalue weighted by Gasteiger charge is 2.30. The second-order valence-electron chi connectivity index (χ2n) is 5.68. The minimum absolute atomic E-state index is 0.129. The van der Waals surface area contributed by atoms with Crippen molar-refractivity contribution in [3.8, 4) is 0 Å². The third-order valence-electron chi connectivity index (χ3n) is 4.05. The summed E-state index contributed by atoms with van der Waals surface area (Å²) >= 11 is 12.5. The molecule has 0 saturated heterocycles. The molecule has 0 saturated carbocycles. The van der Waals surface area contributed by atoms with Crippen LogP contribution < -0.4 is 0 Å². The van der Waals surface area contributed by atoms with Crippen molar-refractivity contribution >= 4 is 42.9 Å². The van der Waals surface area contributed by atoms with Crippen LogP contribution in [0.2, 0.25) is 10.0 Å². The van der Waals surface area contributed by atoms with Gasteiger partial charge in [0.15, 0.2) is 0 Å². The minimum Gasteiger partial charge on any atom is -0.301 e. The monoisotopic (exact) mass is 389 g/mol. The lowest BCUT2D eigenvalue weighted by atomic mass is 9.85. The quantitative estimate of drug-likeness (QED) is 0.709. The molecule has 0 amide bonds. The van der Waals surface area contributed by atoms with Crippen molar-refractivity contribution in [3.63, 3.8) is 0 Å². The summed E-state index contributed by atoms with van der Waals surface area (Å²) < 4.78 is 23.8. The van der Waals surface area contributed by atoms with Gasteiger partial charge in [0, 0.05) is 39.7 Å². The number of rotatable bonds is 2. The Morgan fingerprint density at radius 1 is 1.13 bits per heavy atom. The number of hydrogen-bond acceptors (Lipinski definition) is 3. The van der Waals surface area contributed by atoms with Crippen LogP contribution in [0.25, 0.3) is 0 Å². The highest BCUT2D eigenvalue weighted by molar-refractivity contribution is 8.13. The van der Waals surface area contributed by atoms with Crippen LogP contribution in [0.15, 0.2) is 41.3 Å². The van der Waals surface area contributed by atoms with E-state index < -0.39 is 9.05 Å². The highest BCUT2D eigenvalue weighted by atomic mass is 35.7. The van der Waals surface area contributed by atoms with Crippen molar-refractivity contribution in [2.45, 2.75) is 17.4 Å². The van der Waals surface area contributed by atoms with Gasteiger partial charge in [-0.2, -0.15) is 0 Å². The Morgan fingerprint density at radius 2 is 1.83 bits per heavy atom. The lowest BCUT2D eigenvalue weighted by Gasteiger charge is -2.34. The summed E-state index contributed by atoms with van der Waals surface area (Å²) in [7, 11) is 3.75. The van der Waals surface area contributed by atoms with Gasteiger partial charge in [-0.25, -0.2) is 8.42 Å². The average molecular weight is 391 g/mol. The van der Waals surface area contributed by atoms with Gasteiger partial charge >= 0.3 is 0 Å². The van der Waals surface area contributed by atoms with Crippen molar-refractivity contribution in [1.82, 2.24) is 4.90 Å². The molecular formula is C16H14Cl3NO2S. The summed E-state index contributed by atoms with van der Waals surface area (Å²) in [6.07, 6.45) is 0. The van der Waals surface area contributed by atoms with Crippen molar-refractivity contribution < 1.29 is 8.42 Å². The lowest BCUT2D eigenvalue weighted by Crippen LogP contribution is -2.31. The maximum atomic E-state index is 11.9. The molecule has 0 N–H and O–H groups in total. The molecule has 7 heteroatoms. The third kappa shape index (κ3) is 3.37. The van der Waals surface area contributed by atoms with Gasteiger partial charge in [0.05, 0.1) is 4.90 Å². The molecule has 0 radical (unpaired) electrons. The Labute approximate surface area is 150 Å². The third-order valence-corrected chi connectivity index (χ3v) is 6.00. The molecule has 0 fully saturated rings. The van der Waals surface area contributed by atoms with Gasteiger partial charge in [-0.05, 0) is 41.9 Å². The molecule has 1 atom stereocenters. The van der Waals surface area contributed by atoms with Crippen molar-refractivity contribution in [1.29, 1.82) is 0 Å². The lowest BCUT2D eigenvalue weighted by molar-refractivity contribution is 0.294. The molecule has 1 aliphatic heterocycles. The molecular weight excluding hydrogens is 377 g/mol. The van der Waals surface area contributed by atoms with E-state index in [0.717, 1.165) is 11.1 Å². The van der Waals surface area contributed by atoms with E-state index in [9.17, 15) is 8.42 Å². The van der Waals surface area contributed by atoms with Gasteiger partial charge in [0.1, 0.15) is 0 Å². The summed E-state index contributed by atoms with van der Waals surface area (Å²) in [6, 6.07) is 10.4. The predicted molar refractivity (Wildman–Crippen MR) is 94.1 cm³/mol. The van der Waals surface area contributed by atoms with E-state index >= 15 is 0 Å². The average Bonchev–Trinajstić information content (AvgIpc) is 2.46. The van der Waals surface area contributed by atoms with Gasteiger partial charge < -0.3 is 4.90 Å². The zero-order valence-corrected chi connectivity index (χ0v) is 15.3. The number of likely N-dealkylation sites (N-methyl/N-ethyl adjacent to an activating group) is 1. The summed E-state index contributed by atoms with van der Waals surface area (Å²) in [5.41, 5.74) is 2.58. The predicted octanol–water partition coefficient (Wildman–Crippen LogP) is 4.50. The first-order valence-corrected chi connectivity index (χ1v) is 10.0. The summed E-state index contributed by atoms with van der Waals surface area (Å²) in [5, 5.41) is 1.13. The summed E-state index contributed by atoms with van der Waals surface area (Å²) in [4.78, 5) is 2.23. The Balaban J connectivity index is 2.24. The number of hydrogen-bond donors (Lipinski definition) is 0. The van der Waals surface area contributed by atoms with Crippen LogP contribution in [0.1, 0.15) is 22.6 Å². The van der Waals surface area contributed by atoms with E-state index in [1.165, 1.54) is 6.07 Å². The molecule has 1 heterocycles. The van der Waals surface area contributed by atoms with Crippen LogP contribution in [-0.2, 0) is 15.6 Å². The van der Waals surface area contributed by atoms with Gasteiger partial charge in [0.25, 0.3) is 9.05 Å². The van der Waals surface area contributed by atoms with E-state index in [-0.39, 0.29) is 10.8 Å². The smallest absolute Gasteiger partial charge is 0.261 e. The number of benzene rings is 2. The molecule has 0 spiro atoms. The molecule has 2 aromatic rings. The molecule has 0 bridgehead atoms. The molecule has 3 rings (SSSR count). The first-order chi connectivity index (χ1) is 10.8. The van der Waals surface area contributed by atoms with Crippen LogP contribution in [0, 0.1) is 0 Å². The maximum Gasteiger partial charge on any atom is 0.261 e.